The average molecular weight is 520 g/mol. The van der Waals surface area contributed by atoms with Crippen LogP contribution in [-0.2, 0) is 22.4 Å². The quantitative estimate of drug-likeness (QED) is 0.191. The number of carbonyl (C=O) groups excluding carboxylic acids is 2. The molecule has 4 aromatic rings. The molecule has 0 aliphatic heterocycles. The number of hydrogen-bond acceptors (Lipinski definition) is 5. The van der Waals surface area contributed by atoms with Gasteiger partial charge in [-0.1, -0.05) is 66.7 Å². The van der Waals surface area contributed by atoms with Gasteiger partial charge in [0.15, 0.2) is 0 Å². The second-order valence-corrected chi connectivity index (χ2v) is 9.58. The van der Waals surface area contributed by atoms with Gasteiger partial charge in [-0.2, -0.15) is 0 Å². The monoisotopic (exact) mass is 519 g/mol. The molecule has 1 amide bonds. The van der Waals surface area contributed by atoms with E-state index >= 15 is 0 Å². The zero-order valence-corrected chi connectivity index (χ0v) is 22.3. The zero-order chi connectivity index (χ0) is 27.6. The molecule has 1 heterocycles. The summed E-state index contributed by atoms with van der Waals surface area (Å²) >= 11 is 0. The van der Waals surface area contributed by atoms with Gasteiger partial charge in [-0.3, -0.25) is 14.6 Å². The number of carbonyl (C=O) groups is 2. The van der Waals surface area contributed by atoms with Crippen molar-refractivity contribution in [1.82, 2.24) is 10.3 Å². The van der Waals surface area contributed by atoms with Crippen molar-refractivity contribution >= 4 is 17.6 Å². The number of rotatable bonds is 11. The number of amides is 1. The van der Waals surface area contributed by atoms with E-state index in [-0.39, 0.29) is 11.9 Å². The van der Waals surface area contributed by atoms with E-state index in [0.717, 1.165) is 27.8 Å². The van der Waals surface area contributed by atoms with Gasteiger partial charge in [0.1, 0.15) is 0 Å². The largest absolute Gasteiger partial charge is 0.469 e. The first kappa shape index (κ1) is 27.5. The van der Waals surface area contributed by atoms with E-state index in [1.165, 1.54) is 7.11 Å². The third kappa shape index (κ3) is 7.48. The predicted octanol–water partition coefficient (Wildman–Crippen LogP) is 5.90. The second-order valence-electron chi connectivity index (χ2n) is 9.58. The Kier molecular flexibility index (Phi) is 9.35. The molecule has 2 unspecified atom stereocenters. The normalized spacial score (nSPS) is 12.3. The number of benzene rings is 3. The van der Waals surface area contributed by atoms with E-state index in [9.17, 15) is 9.59 Å². The molecule has 0 saturated heterocycles. The number of esters is 1. The number of methoxy groups -OCH3 is 1. The van der Waals surface area contributed by atoms with E-state index < -0.39 is 12.0 Å². The summed E-state index contributed by atoms with van der Waals surface area (Å²) in [7, 11) is 1.38. The maximum absolute atomic E-state index is 13.4. The van der Waals surface area contributed by atoms with Crippen LogP contribution in [0.25, 0.3) is 11.1 Å². The van der Waals surface area contributed by atoms with Crippen LogP contribution in [-0.4, -0.2) is 35.7 Å². The van der Waals surface area contributed by atoms with Crippen LogP contribution in [0, 0.1) is 11.3 Å². The summed E-state index contributed by atoms with van der Waals surface area (Å²) in [4.78, 5) is 30.7. The first-order valence-electron chi connectivity index (χ1n) is 13.0. The van der Waals surface area contributed by atoms with Gasteiger partial charge in [0.2, 0.25) is 0 Å². The van der Waals surface area contributed by atoms with Crippen molar-refractivity contribution in [3.8, 4) is 11.1 Å². The zero-order valence-electron chi connectivity index (χ0n) is 22.3. The molecule has 0 aliphatic carbocycles. The van der Waals surface area contributed by atoms with Crippen LogP contribution in [0.5, 0.6) is 0 Å². The fraction of sp³-hybridized carbons (Fsp3) is 0.212. The molecule has 0 aliphatic rings. The van der Waals surface area contributed by atoms with Gasteiger partial charge in [-0.15, -0.1) is 0 Å². The molecule has 4 rings (SSSR count). The van der Waals surface area contributed by atoms with Crippen LogP contribution >= 0.6 is 0 Å². The summed E-state index contributed by atoms with van der Waals surface area (Å²) in [5.41, 5.74) is 5.74. The number of nitrogens with zero attached hydrogens (tertiary/aromatic N) is 1. The Bertz CT molecular complexity index is 1400. The van der Waals surface area contributed by atoms with Gasteiger partial charge in [0.05, 0.1) is 13.0 Å². The van der Waals surface area contributed by atoms with Gasteiger partial charge in [-0.05, 0) is 78.3 Å². The van der Waals surface area contributed by atoms with Crippen molar-refractivity contribution < 1.29 is 14.3 Å². The summed E-state index contributed by atoms with van der Waals surface area (Å²) in [6.07, 6.45) is 5.14. The summed E-state index contributed by atoms with van der Waals surface area (Å²) in [6, 6.07) is 28.4. The molecule has 6 nitrogen and oxygen atoms in total. The lowest BCUT2D eigenvalue weighted by atomic mass is 9.87. The number of pyridine rings is 1. The highest BCUT2D eigenvalue weighted by Gasteiger charge is 2.31. The number of hydrogen-bond donors (Lipinski definition) is 2. The Morgan fingerprint density at radius 2 is 1.62 bits per heavy atom. The Morgan fingerprint density at radius 1 is 0.872 bits per heavy atom. The number of aryl methyl sites for hydroxylation is 1. The molecule has 2 N–H and O–H groups in total. The lowest BCUT2D eigenvalue weighted by molar-refractivity contribution is -0.146. The Morgan fingerprint density at radius 3 is 2.28 bits per heavy atom. The first-order valence-corrected chi connectivity index (χ1v) is 13.0. The summed E-state index contributed by atoms with van der Waals surface area (Å²) < 4.78 is 5.21. The molecule has 198 valence electrons. The molecule has 0 spiro atoms. The van der Waals surface area contributed by atoms with E-state index in [1.807, 2.05) is 78.9 Å². The van der Waals surface area contributed by atoms with Gasteiger partial charge < -0.3 is 15.5 Å². The highest BCUT2D eigenvalue weighted by molar-refractivity contribution is 5.96. The SMILES string of the molecule is COC(=O)C(Cc1cccc(C(C)=N)c1)C(CCc1ccccc1)NC(=O)c1ccc(-c2cccnc2)cc1. The molecular weight excluding hydrogens is 486 g/mol. The van der Waals surface area contributed by atoms with Gasteiger partial charge in [0, 0.05) is 29.7 Å². The fourth-order valence-electron chi connectivity index (χ4n) is 4.67. The second kappa shape index (κ2) is 13.3. The predicted molar refractivity (Wildman–Crippen MR) is 154 cm³/mol. The maximum atomic E-state index is 13.4. The van der Waals surface area contributed by atoms with Crippen molar-refractivity contribution in [2.75, 3.05) is 7.11 Å². The van der Waals surface area contributed by atoms with E-state index in [0.29, 0.717) is 30.5 Å². The highest BCUT2D eigenvalue weighted by Crippen LogP contribution is 2.22. The maximum Gasteiger partial charge on any atom is 0.311 e. The Labute approximate surface area is 229 Å². The number of aromatic nitrogens is 1. The molecule has 3 aromatic carbocycles. The molecule has 6 heteroatoms. The average Bonchev–Trinajstić information content (AvgIpc) is 2.99. The van der Waals surface area contributed by atoms with Crippen LogP contribution in [0.2, 0.25) is 0 Å². The van der Waals surface area contributed by atoms with Crippen LogP contribution in [0.3, 0.4) is 0 Å². The van der Waals surface area contributed by atoms with Crippen molar-refractivity contribution in [3.63, 3.8) is 0 Å². The lowest BCUT2D eigenvalue weighted by Gasteiger charge is -2.27. The van der Waals surface area contributed by atoms with Crippen molar-refractivity contribution in [3.05, 3.63) is 126 Å². The molecule has 39 heavy (non-hydrogen) atoms. The minimum atomic E-state index is -0.599. The lowest BCUT2D eigenvalue weighted by Crippen LogP contribution is -2.45. The molecule has 2 atom stereocenters. The third-order valence-electron chi connectivity index (χ3n) is 6.85. The molecular formula is C33H33N3O3. The highest BCUT2D eigenvalue weighted by atomic mass is 16.5. The first-order chi connectivity index (χ1) is 18.9. The standard InChI is InChI=1S/C33H33N3O3/c1-23(34)28-11-6-10-25(20-28)21-30(33(38)39-2)31(18-13-24-8-4-3-5-9-24)36-32(37)27-16-14-26(15-17-27)29-12-7-19-35-22-29/h3-12,14-17,19-20,22,30-31,34H,13,18,21H2,1-2H3,(H,36,37). The minimum Gasteiger partial charge on any atom is -0.469 e. The topological polar surface area (TPSA) is 92.1 Å². The molecule has 0 radical (unpaired) electrons. The number of nitrogens with one attached hydrogen (secondary N) is 2. The summed E-state index contributed by atoms with van der Waals surface area (Å²) in [6.45, 7) is 1.74. The van der Waals surface area contributed by atoms with Crippen molar-refractivity contribution in [1.29, 1.82) is 5.41 Å². The van der Waals surface area contributed by atoms with Crippen LogP contribution < -0.4 is 5.32 Å². The van der Waals surface area contributed by atoms with E-state index in [1.54, 1.807) is 31.5 Å². The van der Waals surface area contributed by atoms with Crippen LogP contribution in [0.15, 0.2) is 103 Å². The van der Waals surface area contributed by atoms with Crippen molar-refractivity contribution in [2.45, 2.75) is 32.2 Å². The van der Waals surface area contributed by atoms with Crippen molar-refractivity contribution in [2.24, 2.45) is 5.92 Å². The minimum absolute atomic E-state index is 0.246. The smallest absolute Gasteiger partial charge is 0.311 e. The Balaban J connectivity index is 1.59. The summed E-state index contributed by atoms with van der Waals surface area (Å²) in [5, 5.41) is 11.1. The van der Waals surface area contributed by atoms with Crippen LogP contribution in [0.4, 0.5) is 0 Å². The van der Waals surface area contributed by atoms with Gasteiger partial charge in [-0.25, -0.2) is 0 Å². The third-order valence-corrected chi connectivity index (χ3v) is 6.85. The van der Waals surface area contributed by atoms with E-state index in [2.05, 4.69) is 10.3 Å². The van der Waals surface area contributed by atoms with Crippen LogP contribution in [0.1, 0.15) is 40.4 Å². The Hall–Kier alpha value is -4.58. The molecule has 1 aromatic heterocycles. The fourth-order valence-corrected chi connectivity index (χ4v) is 4.67. The summed E-state index contributed by atoms with van der Waals surface area (Å²) in [5.74, 6) is -1.22. The van der Waals surface area contributed by atoms with E-state index in [4.69, 9.17) is 10.1 Å². The van der Waals surface area contributed by atoms with Gasteiger partial charge in [0.25, 0.3) is 5.91 Å². The van der Waals surface area contributed by atoms with Gasteiger partial charge >= 0.3 is 5.97 Å². The molecule has 0 bridgehead atoms. The molecule has 0 fully saturated rings. The molecule has 0 saturated carbocycles. The number of ether oxygens (including phenoxy) is 1.